The summed E-state index contributed by atoms with van der Waals surface area (Å²) in [6.45, 7) is 5.32. The van der Waals surface area contributed by atoms with Gasteiger partial charge in [0.2, 0.25) is 5.91 Å². The molecule has 0 saturated carbocycles. The van der Waals surface area contributed by atoms with Gasteiger partial charge < -0.3 is 23.8 Å². The van der Waals surface area contributed by atoms with E-state index in [0.29, 0.717) is 17.1 Å². The maximum atomic E-state index is 12.5. The number of carbonyl (C=O) groups is 3. The van der Waals surface area contributed by atoms with E-state index in [1.54, 1.807) is 20.1 Å². The minimum absolute atomic E-state index is 0.202. The zero-order valence-electron chi connectivity index (χ0n) is 19.4. The van der Waals surface area contributed by atoms with Crippen molar-refractivity contribution in [3.05, 3.63) is 23.0 Å². The lowest BCUT2D eigenvalue weighted by molar-refractivity contribution is -0.130. The molecule has 1 saturated heterocycles. The van der Waals surface area contributed by atoms with Gasteiger partial charge in [0.05, 0.1) is 23.9 Å². The largest absolute Gasteiger partial charge is 0.497 e. The Labute approximate surface area is 201 Å². The predicted molar refractivity (Wildman–Crippen MR) is 126 cm³/mol. The third-order valence-electron chi connectivity index (χ3n) is 5.27. The molecule has 1 aromatic carbocycles. The van der Waals surface area contributed by atoms with E-state index < -0.39 is 39.3 Å². The lowest BCUT2D eigenvalue weighted by Crippen LogP contribution is -2.52. The molecule has 0 bridgehead atoms. The van der Waals surface area contributed by atoms with Gasteiger partial charge in [0.25, 0.3) is 5.91 Å². The number of rotatable bonds is 7. The first-order valence-electron chi connectivity index (χ1n) is 10.8. The maximum absolute atomic E-state index is 12.5. The summed E-state index contributed by atoms with van der Waals surface area (Å²) >= 11 is 1.26. The Morgan fingerprint density at radius 1 is 1.06 bits per heavy atom. The van der Waals surface area contributed by atoms with E-state index in [1.807, 2.05) is 23.6 Å². The van der Waals surface area contributed by atoms with Crippen molar-refractivity contribution in [2.75, 3.05) is 51.4 Å². The van der Waals surface area contributed by atoms with Gasteiger partial charge in [0, 0.05) is 32.7 Å². The van der Waals surface area contributed by atoms with Crippen molar-refractivity contribution in [3.63, 3.8) is 0 Å². The minimum atomic E-state index is -4.01. The van der Waals surface area contributed by atoms with Crippen LogP contribution in [0.15, 0.2) is 23.2 Å². The van der Waals surface area contributed by atoms with Crippen LogP contribution in [0, 0.1) is 0 Å². The third-order valence-corrected chi connectivity index (χ3v) is 7.69. The zero-order valence-corrected chi connectivity index (χ0v) is 21.0. The molecule has 1 aliphatic rings. The highest BCUT2D eigenvalue weighted by Gasteiger charge is 2.28. The molecule has 0 aliphatic carbocycles. The summed E-state index contributed by atoms with van der Waals surface area (Å²) < 4.78 is 37.9. The van der Waals surface area contributed by atoms with Gasteiger partial charge in [0.15, 0.2) is 14.6 Å². The van der Waals surface area contributed by atoms with E-state index in [2.05, 4.69) is 4.99 Å². The molecule has 0 radical (unpaired) electrons. The molecule has 186 valence electrons. The van der Waals surface area contributed by atoms with E-state index >= 15 is 0 Å². The monoisotopic (exact) mass is 512 g/mol. The van der Waals surface area contributed by atoms with Gasteiger partial charge in [-0.25, -0.2) is 13.2 Å². The highest BCUT2D eigenvalue weighted by molar-refractivity contribution is 7.92. The van der Waals surface area contributed by atoms with Crippen molar-refractivity contribution >= 4 is 49.3 Å². The molecule has 1 fully saturated rings. The fourth-order valence-electron chi connectivity index (χ4n) is 3.58. The maximum Gasteiger partial charge on any atom is 0.409 e. The number of aryl methyl sites for hydroxylation is 1. The Balaban J connectivity index is 1.65. The first-order valence-corrected chi connectivity index (χ1v) is 13.5. The normalized spacial score (nSPS) is 15.0. The number of aromatic nitrogens is 1. The molecular formula is C21H28N4O7S2. The summed E-state index contributed by atoms with van der Waals surface area (Å²) in [5.41, 5.74) is 0.861. The summed E-state index contributed by atoms with van der Waals surface area (Å²) in [7, 11) is -2.45. The average Bonchev–Trinajstić information content (AvgIpc) is 3.14. The molecule has 2 heterocycles. The number of benzene rings is 1. The van der Waals surface area contributed by atoms with Crippen LogP contribution in [0.1, 0.15) is 13.8 Å². The van der Waals surface area contributed by atoms with Gasteiger partial charge >= 0.3 is 6.09 Å². The van der Waals surface area contributed by atoms with Gasteiger partial charge in [-0.1, -0.05) is 11.3 Å². The van der Waals surface area contributed by atoms with Crippen LogP contribution in [0.25, 0.3) is 10.2 Å². The smallest absolute Gasteiger partial charge is 0.409 e. The first kappa shape index (κ1) is 25.7. The van der Waals surface area contributed by atoms with Crippen LogP contribution in [-0.2, 0) is 30.7 Å². The predicted octanol–water partition coefficient (Wildman–Crippen LogP) is 0.874. The van der Waals surface area contributed by atoms with Crippen LogP contribution in [0.4, 0.5) is 4.79 Å². The number of hydrogen-bond acceptors (Lipinski definition) is 8. The number of sulfone groups is 1. The average molecular weight is 513 g/mol. The molecule has 0 spiro atoms. The third kappa shape index (κ3) is 6.14. The van der Waals surface area contributed by atoms with Gasteiger partial charge in [-0.3, -0.25) is 9.59 Å². The number of methoxy groups -OCH3 is 1. The number of hydrogen-bond donors (Lipinski definition) is 0. The fraction of sp³-hybridized carbons (Fsp3) is 0.524. The molecule has 0 N–H and O–H groups in total. The van der Waals surface area contributed by atoms with Crippen molar-refractivity contribution in [2.24, 2.45) is 4.99 Å². The Kier molecular flexibility index (Phi) is 8.31. The summed E-state index contributed by atoms with van der Waals surface area (Å²) in [4.78, 5) is 44.0. The molecule has 0 unspecified atom stereocenters. The lowest BCUT2D eigenvalue weighted by atomic mass is 10.3. The summed E-state index contributed by atoms with van der Waals surface area (Å²) in [5.74, 6) is -2.41. The Bertz CT molecular complexity index is 1240. The number of fused-ring (bicyclic) bond motifs is 1. The van der Waals surface area contributed by atoms with Crippen molar-refractivity contribution in [1.29, 1.82) is 0 Å². The highest BCUT2D eigenvalue weighted by Crippen LogP contribution is 2.23. The van der Waals surface area contributed by atoms with Crippen LogP contribution in [-0.4, -0.2) is 92.1 Å². The Morgan fingerprint density at radius 3 is 2.35 bits per heavy atom. The van der Waals surface area contributed by atoms with Gasteiger partial charge in [-0.2, -0.15) is 4.99 Å². The Hall–Kier alpha value is -2.93. The van der Waals surface area contributed by atoms with Gasteiger partial charge in [-0.15, -0.1) is 0 Å². The number of carbonyl (C=O) groups excluding carboxylic acids is 3. The number of nitrogens with zero attached hydrogens (tertiary/aromatic N) is 4. The molecular weight excluding hydrogens is 484 g/mol. The minimum Gasteiger partial charge on any atom is -0.497 e. The van der Waals surface area contributed by atoms with Crippen LogP contribution >= 0.6 is 11.3 Å². The molecule has 1 aliphatic heterocycles. The SMILES string of the molecule is CCOC(=O)N1CCN(C(=O)CS(=O)(=O)CC(=O)N=c2sc3cc(OC)ccc3n2CC)CC1. The quantitative estimate of drug-likeness (QED) is 0.539. The summed E-state index contributed by atoms with van der Waals surface area (Å²) in [6.07, 6.45) is -0.460. The van der Waals surface area contributed by atoms with Crippen molar-refractivity contribution < 1.29 is 32.3 Å². The molecule has 1 aromatic heterocycles. The van der Waals surface area contributed by atoms with Crippen molar-refractivity contribution in [3.8, 4) is 5.75 Å². The second-order valence-electron chi connectivity index (χ2n) is 7.57. The molecule has 11 nitrogen and oxygen atoms in total. The molecule has 3 rings (SSSR count). The van der Waals surface area contributed by atoms with Crippen LogP contribution in [0.2, 0.25) is 0 Å². The van der Waals surface area contributed by atoms with Crippen molar-refractivity contribution in [1.82, 2.24) is 14.4 Å². The zero-order chi connectivity index (χ0) is 24.9. The fourth-order valence-corrected chi connectivity index (χ4v) is 5.82. The molecule has 3 amide bonds. The van der Waals surface area contributed by atoms with Crippen LogP contribution < -0.4 is 9.54 Å². The molecule has 2 aromatic rings. The van der Waals surface area contributed by atoms with Crippen LogP contribution in [0.3, 0.4) is 0 Å². The standard InChI is InChI=1S/C21H28N4O7S2/c1-4-25-16-7-6-15(31-3)12-17(16)33-20(25)22-18(26)13-34(29,30)14-19(27)23-8-10-24(11-9-23)21(28)32-5-2/h6-7,12H,4-5,8-11,13-14H2,1-3H3. The van der Waals surface area contributed by atoms with Gasteiger partial charge in [-0.05, 0) is 32.0 Å². The van der Waals surface area contributed by atoms with E-state index in [0.717, 1.165) is 10.2 Å². The molecule has 13 heteroatoms. The van der Waals surface area contributed by atoms with E-state index in [4.69, 9.17) is 9.47 Å². The van der Waals surface area contributed by atoms with E-state index in [9.17, 15) is 22.8 Å². The molecule has 0 atom stereocenters. The lowest BCUT2D eigenvalue weighted by Gasteiger charge is -2.34. The summed E-state index contributed by atoms with van der Waals surface area (Å²) in [6, 6.07) is 5.48. The van der Waals surface area contributed by atoms with E-state index in [1.165, 1.54) is 21.1 Å². The summed E-state index contributed by atoms with van der Waals surface area (Å²) in [5, 5.41) is 0. The topological polar surface area (TPSA) is 128 Å². The second-order valence-corrected chi connectivity index (χ2v) is 10.6. The van der Waals surface area contributed by atoms with E-state index in [-0.39, 0.29) is 32.8 Å². The molecule has 34 heavy (non-hydrogen) atoms. The number of piperazine rings is 1. The van der Waals surface area contributed by atoms with Crippen LogP contribution in [0.5, 0.6) is 5.75 Å². The highest BCUT2D eigenvalue weighted by atomic mass is 32.2. The number of amides is 3. The van der Waals surface area contributed by atoms with Crippen molar-refractivity contribution in [2.45, 2.75) is 20.4 Å². The second kappa shape index (κ2) is 11.0. The number of thiazole rings is 1. The Morgan fingerprint density at radius 2 is 1.74 bits per heavy atom. The first-order chi connectivity index (χ1) is 16.2. The number of ether oxygens (including phenoxy) is 2. The van der Waals surface area contributed by atoms with Gasteiger partial charge in [0.1, 0.15) is 17.3 Å².